The topological polar surface area (TPSA) is 70.2 Å². The molecule has 1 saturated heterocycles. The number of anilines is 1. The minimum absolute atomic E-state index is 0.000845. The second-order valence-corrected chi connectivity index (χ2v) is 8.09. The summed E-state index contributed by atoms with van der Waals surface area (Å²) >= 11 is 0. The molecule has 0 saturated carbocycles. The van der Waals surface area contributed by atoms with E-state index in [1.807, 2.05) is 48.5 Å². The molecule has 1 fully saturated rings. The van der Waals surface area contributed by atoms with Gasteiger partial charge in [-0.15, -0.1) is 0 Å². The second kappa shape index (κ2) is 9.85. The Labute approximate surface area is 188 Å². The molecule has 0 aliphatic carbocycles. The summed E-state index contributed by atoms with van der Waals surface area (Å²) in [6.07, 6.45) is 1.27. The van der Waals surface area contributed by atoms with Crippen molar-refractivity contribution in [1.82, 2.24) is 9.80 Å². The van der Waals surface area contributed by atoms with E-state index in [0.717, 1.165) is 12.1 Å². The third-order valence-corrected chi connectivity index (χ3v) is 6.11. The van der Waals surface area contributed by atoms with Crippen molar-refractivity contribution in [3.8, 4) is 5.75 Å². The Balaban J connectivity index is 1.26. The maximum atomic E-state index is 12.7. The Hall–Kier alpha value is -3.35. The summed E-state index contributed by atoms with van der Waals surface area (Å²) in [6, 6.07) is 15.2. The molecule has 0 aromatic heterocycles. The van der Waals surface area contributed by atoms with Crippen LogP contribution in [0.4, 0.5) is 5.69 Å². The Bertz CT molecular complexity index is 981. The molecule has 2 aliphatic heterocycles. The standard InChI is InChI=1S/C25H29N3O4/c1-2-19-7-9-20(10-8-19)25(31)27-15-13-26(14-16-27)23(29)11-12-24(30)28-17-18-32-22-6-4-3-5-21(22)28/h3-10H,2,11-18H2,1H3. The van der Waals surface area contributed by atoms with Gasteiger partial charge in [0.05, 0.1) is 12.2 Å². The maximum absolute atomic E-state index is 12.7. The minimum Gasteiger partial charge on any atom is -0.490 e. The summed E-state index contributed by atoms with van der Waals surface area (Å²) in [5, 5.41) is 0. The average molecular weight is 436 g/mol. The molecule has 2 aromatic carbocycles. The highest BCUT2D eigenvalue weighted by Gasteiger charge is 2.27. The van der Waals surface area contributed by atoms with Crippen LogP contribution in [-0.4, -0.2) is 66.9 Å². The number of amides is 3. The lowest BCUT2D eigenvalue weighted by atomic mass is 10.1. The number of piperazine rings is 1. The molecular weight excluding hydrogens is 406 g/mol. The van der Waals surface area contributed by atoms with Gasteiger partial charge in [-0.2, -0.15) is 0 Å². The number of para-hydroxylation sites is 2. The summed E-state index contributed by atoms with van der Waals surface area (Å²) in [4.78, 5) is 43.4. The van der Waals surface area contributed by atoms with Crippen molar-refractivity contribution in [1.29, 1.82) is 0 Å². The Morgan fingerprint density at radius 1 is 0.812 bits per heavy atom. The van der Waals surface area contributed by atoms with Gasteiger partial charge in [-0.25, -0.2) is 0 Å². The van der Waals surface area contributed by atoms with Gasteiger partial charge in [-0.3, -0.25) is 14.4 Å². The third-order valence-electron chi connectivity index (χ3n) is 6.11. The van der Waals surface area contributed by atoms with Crippen LogP contribution in [0.1, 0.15) is 35.7 Å². The molecule has 0 N–H and O–H groups in total. The van der Waals surface area contributed by atoms with Crippen molar-refractivity contribution in [2.24, 2.45) is 0 Å². The summed E-state index contributed by atoms with van der Waals surface area (Å²) in [6.45, 7) is 5.02. The lowest BCUT2D eigenvalue weighted by molar-refractivity contribution is -0.134. The second-order valence-electron chi connectivity index (χ2n) is 8.09. The Morgan fingerprint density at radius 3 is 2.19 bits per heavy atom. The number of rotatable bonds is 5. The van der Waals surface area contributed by atoms with Crippen LogP contribution < -0.4 is 9.64 Å². The molecule has 2 aliphatic rings. The first-order valence-electron chi connectivity index (χ1n) is 11.2. The predicted octanol–water partition coefficient (Wildman–Crippen LogP) is 2.74. The largest absolute Gasteiger partial charge is 0.490 e. The molecule has 7 nitrogen and oxygen atoms in total. The SMILES string of the molecule is CCc1ccc(C(=O)N2CCN(C(=O)CCC(=O)N3CCOc4ccccc43)CC2)cc1. The zero-order chi connectivity index (χ0) is 22.5. The average Bonchev–Trinajstić information content (AvgIpc) is 2.86. The highest BCUT2D eigenvalue weighted by molar-refractivity contribution is 5.97. The fraction of sp³-hybridized carbons (Fsp3) is 0.400. The normalized spacial score (nSPS) is 15.7. The number of nitrogens with zero attached hydrogens (tertiary/aromatic N) is 3. The molecule has 2 aromatic rings. The van der Waals surface area contributed by atoms with Crippen molar-refractivity contribution < 1.29 is 19.1 Å². The van der Waals surface area contributed by atoms with E-state index in [-0.39, 0.29) is 30.6 Å². The number of hydrogen-bond donors (Lipinski definition) is 0. The minimum atomic E-state index is -0.0709. The molecule has 32 heavy (non-hydrogen) atoms. The quantitative estimate of drug-likeness (QED) is 0.724. The van der Waals surface area contributed by atoms with Crippen molar-refractivity contribution >= 4 is 23.4 Å². The van der Waals surface area contributed by atoms with E-state index in [9.17, 15) is 14.4 Å². The molecule has 3 amide bonds. The van der Waals surface area contributed by atoms with E-state index in [0.29, 0.717) is 50.6 Å². The van der Waals surface area contributed by atoms with Crippen molar-refractivity contribution in [2.75, 3.05) is 44.2 Å². The van der Waals surface area contributed by atoms with E-state index in [2.05, 4.69) is 6.92 Å². The Kier molecular flexibility index (Phi) is 6.73. The number of benzene rings is 2. The third kappa shape index (κ3) is 4.77. The molecule has 0 spiro atoms. The van der Waals surface area contributed by atoms with Crippen molar-refractivity contribution in [3.63, 3.8) is 0 Å². The number of carbonyl (C=O) groups is 3. The number of aryl methyl sites for hydroxylation is 1. The van der Waals surface area contributed by atoms with Gasteiger partial charge in [-0.05, 0) is 36.2 Å². The molecule has 4 rings (SSSR count). The fourth-order valence-electron chi connectivity index (χ4n) is 4.16. The van der Waals surface area contributed by atoms with Gasteiger partial charge >= 0.3 is 0 Å². The first-order valence-corrected chi connectivity index (χ1v) is 11.2. The zero-order valence-corrected chi connectivity index (χ0v) is 18.5. The smallest absolute Gasteiger partial charge is 0.253 e. The summed E-state index contributed by atoms with van der Waals surface area (Å²) in [5.41, 5.74) is 2.64. The molecule has 168 valence electrons. The van der Waals surface area contributed by atoms with E-state index < -0.39 is 0 Å². The van der Waals surface area contributed by atoms with E-state index >= 15 is 0 Å². The zero-order valence-electron chi connectivity index (χ0n) is 18.5. The Morgan fingerprint density at radius 2 is 1.47 bits per heavy atom. The van der Waals surface area contributed by atoms with Gasteiger partial charge in [0.2, 0.25) is 11.8 Å². The van der Waals surface area contributed by atoms with E-state index in [1.54, 1.807) is 14.7 Å². The molecule has 7 heteroatoms. The molecule has 0 radical (unpaired) electrons. The van der Waals surface area contributed by atoms with Gasteiger partial charge in [-0.1, -0.05) is 31.2 Å². The highest BCUT2D eigenvalue weighted by Crippen LogP contribution is 2.31. The molecule has 2 heterocycles. The lowest BCUT2D eigenvalue weighted by Crippen LogP contribution is -2.50. The van der Waals surface area contributed by atoms with Gasteiger partial charge in [0, 0.05) is 44.6 Å². The van der Waals surface area contributed by atoms with Gasteiger partial charge in [0.1, 0.15) is 12.4 Å². The van der Waals surface area contributed by atoms with Crippen LogP contribution in [0.5, 0.6) is 5.75 Å². The number of ether oxygens (including phenoxy) is 1. The molecular formula is C25H29N3O4. The number of fused-ring (bicyclic) bond motifs is 1. The first-order chi connectivity index (χ1) is 15.6. The predicted molar refractivity (Wildman–Crippen MR) is 122 cm³/mol. The monoisotopic (exact) mass is 435 g/mol. The summed E-state index contributed by atoms with van der Waals surface area (Å²) < 4.78 is 5.60. The van der Waals surface area contributed by atoms with Crippen LogP contribution >= 0.6 is 0 Å². The summed E-state index contributed by atoms with van der Waals surface area (Å²) in [7, 11) is 0. The van der Waals surface area contributed by atoms with Crippen LogP contribution in [-0.2, 0) is 16.0 Å². The highest BCUT2D eigenvalue weighted by atomic mass is 16.5. The van der Waals surface area contributed by atoms with E-state index in [1.165, 1.54) is 5.56 Å². The van der Waals surface area contributed by atoms with Crippen LogP contribution in [0.15, 0.2) is 48.5 Å². The van der Waals surface area contributed by atoms with E-state index in [4.69, 9.17) is 4.74 Å². The van der Waals surface area contributed by atoms with Gasteiger partial charge in [0.25, 0.3) is 5.91 Å². The van der Waals surface area contributed by atoms with Crippen LogP contribution in [0.25, 0.3) is 0 Å². The van der Waals surface area contributed by atoms with Crippen LogP contribution in [0.3, 0.4) is 0 Å². The number of hydrogen-bond acceptors (Lipinski definition) is 4. The molecule has 0 bridgehead atoms. The number of carbonyl (C=O) groups excluding carboxylic acids is 3. The van der Waals surface area contributed by atoms with Gasteiger partial charge in [0.15, 0.2) is 0 Å². The lowest BCUT2D eigenvalue weighted by Gasteiger charge is -2.35. The van der Waals surface area contributed by atoms with Gasteiger partial charge < -0.3 is 19.4 Å². The van der Waals surface area contributed by atoms with Crippen molar-refractivity contribution in [2.45, 2.75) is 26.2 Å². The molecule has 0 atom stereocenters. The maximum Gasteiger partial charge on any atom is 0.253 e. The van der Waals surface area contributed by atoms with Crippen LogP contribution in [0.2, 0.25) is 0 Å². The molecule has 0 unspecified atom stereocenters. The van der Waals surface area contributed by atoms with Crippen molar-refractivity contribution in [3.05, 3.63) is 59.7 Å². The first kappa shape index (κ1) is 21.9. The fourth-order valence-corrected chi connectivity index (χ4v) is 4.16. The summed E-state index contributed by atoms with van der Waals surface area (Å²) in [5.74, 6) is 0.585. The van der Waals surface area contributed by atoms with Crippen LogP contribution in [0, 0.1) is 0 Å².